The number of hydrogen-bond donors (Lipinski definition) is 0. The number of benzene rings is 1. The van der Waals surface area contributed by atoms with Crippen LogP contribution in [0.15, 0.2) is 24.3 Å². The highest BCUT2D eigenvalue weighted by atomic mass is 16.6. The first-order valence-corrected chi connectivity index (χ1v) is 5.00. The molecule has 0 saturated carbocycles. The Hall–Kier alpha value is -2.30. The molecule has 0 aliphatic carbocycles. The fourth-order valence-electron chi connectivity index (χ4n) is 1.50. The molecular formula is C12H10NO4. The molecule has 0 saturated heterocycles. The molecule has 87 valence electrons. The van der Waals surface area contributed by atoms with E-state index in [9.17, 15) is 9.59 Å². The highest BCUT2D eigenvalue weighted by Gasteiger charge is 2.19. The minimum absolute atomic E-state index is 0.157. The predicted molar refractivity (Wildman–Crippen MR) is 58.2 cm³/mol. The lowest BCUT2D eigenvalue weighted by atomic mass is 10.2. The first-order chi connectivity index (χ1) is 8.08. The van der Waals surface area contributed by atoms with Crippen molar-refractivity contribution in [1.29, 1.82) is 0 Å². The largest absolute Gasteiger partial charge is 0.407 e. The molecule has 5 heteroatoms. The molecule has 5 nitrogen and oxygen atoms in total. The molecular weight excluding hydrogens is 222 g/mol. The van der Waals surface area contributed by atoms with Crippen LogP contribution >= 0.6 is 0 Å². The van der Waals surface area contributed by atoms with Crippen molar-refractivity contribution >= 4 is 23.7 Å². The Morgan fingerprint density at radius 1 is 0.941 bits per heavy atom. The molecule has 0 spiro atoms. The van der Waals surface area contributed by atoms with Crippen LogP contribution in [0.5, 0.6) is 0 Å². The van der Waals surface area contributed by atoms with Crippen LogP contribution in [0.25, 0.3) is 11.8 Å². The average Bonchev–Trinajstić information content (AvgIpc) is 2.56. The second-order valence-corrected chi connectivity index (χ2v) is 3.45. The van der Waals surface area contributed by atoms with Crippen LogP contribution in [0.4, 0.5) is 0 Å². The van der Waals surface area contributed by atoms with Crippen LogP contribution in [-0.4, -0.2) is 11.9 Å². The summed E-state index contributed by atoms with van der Waals surface area (Å²) in [6, 6.07) is 7.06. The molecule has 0 N–H and O–H groups in total. The molecule has 1 aliphatic rings. The summed E-state index contributed by atoms with van der Waals surface area (Å²) >= 11 is 0. The molecule has 1 radical (unpaired) electrons. The molecule has 0 bridgehead atoms. The Labute approximate surface area is 97.3 Å². The van der Waals surface area contributed by atoms with Crippen molar-refractivity contribution in [2.75, 3.05) is 0 Å². The molecule has 1 aliphatic heterocycles. The molecule has 0 atom stereocenters. The molecule has 1 aromatic rings. The summed E-state index contributed by atoms with van der Waals surface area (Å²) in [7, 11) is 0. The third-order valence-corrected chi connectivity index (χ3v) is 2.07. The summed E-state index contributed by atoms with van der Waals surface area (Å²) in [5.41, 5.74) is 0. The standard InChI is InChI=1S/C12H10NO4/c1-7(14)16-11-9-5-3-4-6-10(9)12(13-11)17-8(2)15/h3-6H,1-2H3. The Balaban J connectivity index is 2.53. The number of rotatable bonds is 2. The van der Waals surface area contributed by atoms with Crippen molar-refractivity contribution in [2.24, 2.45) is 0 Å². The van der Waals surface area contributed by atoms with Gasteiger partial charge in [0.15, 0.2) is 0 Å². The Bertz CT molecular complexity index is 550. The maximum Gasteiger partial charge on any atom is 0.309 e. The van der Waals surface area contributed by atoms with E-state index in [1.54, 1.807) is 24.3 Å². The zero-order valence-corrected chi connectivity index (χ0v) is 9.39. The van der Waals surface area contributed by atoms with Gasteiger partial charge in [-0.2, -0.15) is 5.32 Å². The highest BCUT2D eigenvalue weighted by molar-refractivity contribution is 5.76. The van der Waals surface area contributed by atoms with Crippen molar-refractivity contribution in [3.8, 4) is 0 Å². The summed E-state index contributed by atoms with van der Waals surface area (Å²) in [4.78, 5) is 21.8. The van der Waals surface area contributed by atoms with Gasteiger partial charge in [-0.1, -0.05) is 12.1 Å². The molecule has 0 aromatic heterocycles. The lowest BCUT2D eigenvalue weighted by molar-refractivity contribution is -0.134. The van der Waals surface area contributed by atoms with Crippen molar-refractivity contribution < 1.29 is 19.1 Å². The zero-order valence-electron chi connectivity index (χ0n) is 9.39. The van der Waals surface area contributed by atoms with E-state index in [2.05, 4.69) is 5.32 Å². The molecule has 0 amide bonds. The third-order valence-electron chi connectivity index (χ3n) is 2.07. The summed E-state index contributed by atoms with van der Waals surface area (Å²) in [6.07, 6.45) is 0. The minimum atomic E-state index is -0.470. The van der Waals surface area contributed by atoms with Crippen molar-refractivity contribution in [3.05, 3.63) is 34.7 Å². The van der Waals surface area contributed by atoms with Gasteiger partial charge in [0.25, 0.3) is 0 Å². The van der Waals surface area contributed by atoms with Crippen LogP contribution in [0, 0.1) is 0 Å². The van der Waals surface area contributed by atoms with Gasteiger partial charge in [0.05, 0.1) is 10.4 Å². The van der Waals surface area contributed by atoms with E-state index in [-0.39, 0.29) is 11.8 Å². The normalized spacial score (nSPS) is 12.8. The number of carbonyl (C=O) groups is 2. The number of nitrogens with zero attached hydrogens (tertiary/aromatic N) is 1. The van der Waals surface area contributed by atoms with Gasteiger partial charge in [-0.25, -0.2) is 0 Å². The molecule has 0 unspecified atom stereocenters. The maximum atomic E-state index is 10.9. The van der Waals surface area contributed by atoms with E-state index in [0.717, 1.165) is 0 Å². The van der Waals surface area contributed by atoms with Crippen LogP contribution in [0.3, 0.4) is 0 Å². The Morgan fingerprint density at radius 2 is 1.35 bits per heavy atom. The van der Waals surface area contributed by atoms with Crippen molar-refractivity contribution in [2.45, 2.75) is 13.8 Å². The van der Waals surface area contributed by atoms with Crippen LogP contribution in [0.1, 0.15) is 13.8 Å². The monoisotopic (exact) mass is 232 g/mol. The van der Waals surface area contributed by atoms with Crippen LogP contribution < -0.4 is 15.8 Å². The SMILES string of the molecule is CC(=O)OC1=c2ccccc2=C(OC(C)=O)[N]1. The maximum absolute atomic E-state index is 10.9. The van der Waals surface area contributed by atoms with Gasteiger partial charge in [0.1, 0.15) is 0 Å². The lowest BCUT2D eigenvalue weighted by Crippen LogP contribution is -2.25. The van der Waals surface area contributed by atoms with Gasteiger partial charge in [-0.15, -0.1) is 0 Å². The number of hydrogen-bond acceptors (Lipinski definition) is 4. The Kier molecular flexibility index (Phi) is 2.82. The van der Waals surface area contributed by atoms with Gasteiger partial charge < -0.3 is 9.47 Å². The number of ether oxygens (including phenoxy) is 2. The molecule has 0 fully saturated rings. The first-order valence-electron chi connectivity index (χ1n) is 5.00. The fraction of sp³-hybridized carbons (Fsp3) is 0.167. The van der Waals surface area contributed by atoms with E-state index in [0.29, 0.717) is 10.4 Å². The second kappa shape index (κ2) is 4.29. The van der Waals surface area contributed by atoms with Crippen molar-refractivity contribution in [1.82, 2.24) is 5.32 Å². The number of carbonyl (C=O) groups excluding carboxylic acids is 2. The summed E-state index contributed by atoms with van der Waals surface area (Å²) < 4.78 is 9.90. The quantitative estimate of drug-likeness (QED) is 0.648. The van der Waals surface area contributed by atoms with E-state index in [4.69, 9.17) is 9.47 Å². The molecule has 1 heterocycles. The van der Waals surface area contributed by atoms with Gasteiger partial charge in [0, 0.05) is 13.8 Å². The molecule has 1 aromatic carbocycles. The topological polar surface area (TPSA) is 66.7 Å². The first kappa shape index (κ1) is 11.2. The van der Waals surface area contributed by atoms with Crippen LogP contribution in [0.2, 0.25) is 0 Å². The van der Waals surface area contributed by atoms with Gasteiger partial charge in [-0.3, -0.25) is 9.59 Å². The molecule has 2 rings (SSSR count). The fourth-order valence-corrected chi connectivity index (χ4v) is 1.50. The zero-order chi connectivity index (χ0) is 12.4. The van der Waals surface area contributed by atoms with E-state index < -0.39 is 11.9 Å². The number of esters is 2. The highest BCUT2D eigenvalue weighted by Crippen LogP contribution is 2.06. The molecule has 17 heavy (non-hydrogen) atoms. The third kappa shape index (κ3) is 2.28. The average molecular weight is 232 g/mol. The number of fused-ring (bicyclic) bond motifs is 1. The summed E-state index contributed by atoms with van der Waals surface area (Å²) in [6.45, 7) is 2.57. The Morgan fingerprint density at radius 3 is 1.71 bits per heavy atom. The minimum Gasteiger partial charge on any atom is -0.407 e. The van der Waals surface area contributed by atoms with E-state index >= 15 is 0 Å². The summed E-state index contributed by atoms with van der Waals surface area (Å²) in [5.74, 6) is -0.626. The lowest BCUT2D eigenvalue weighted by Gasteiger charge is -2.04. The van der Waals surface area contributed by atoms with Gasteiger partial charge >= 0.3 is 11.9 Å². The van der Waals surface area contributed by atoms with Gasteiger partial charge in [-0.05, 0) is 12.1 Å². The summed E-state index contributed by atoms with van der Waals surface area (Å²) in [5, 5.41) is 5.26. The van der Waals surface area contributed by atoms with E-state index in [1.807, 2.05) is 0 Å². The van der Waals surface area contributed by atoms with E-state index in [1.165, 1.54) is 13.8 Å². The second-order valence-electron chi connectivity index (χ2n) is 3.45. The smallest absolute Gasteiger partial charge is 0.309 e. The van der Waals surface area contributed by atoms with Crippen LogP contribution in [-0.2, 0) is 19.1 Å². The van der Waals surface area contributed by atoms with Crippen molar-refractivity contribution in [3.63, 3.8) is 0 Å². The predicted octanol–water partition coefficient (Wildman–Crippen LogP) is -0.438. The van der Waals surface area contributed by atoms with Gasteiger partial charge in [0.2, 0.25) is 11.8 Å².